The number of hydrogen-bond acceptors (Lipinski definition) is 2. The Morgan fingerprint density at radius 2 is 2.23 bits per heavy atom. The van der Waals surface area contributed by atoms with Crippen LogP contribution >= 0.6 is 22.6 Å². The van der Waals surface area contributed by atoms with Crippen LogP contribution < -0.4 is 5.32 Å². The van der Waals surface area contributed by atoms with Crippen LogP contribution in [0.3, 0.4) is 0 Å². The summed E-state index contributed by atoms with van der Waals surface area (Å²) in [5, 5.41) is 12.3. The summed E-state index contributed by atoms with van der Waals surface area (Å²) >= 11 is 2.29. The van der Waals surface area contributed by atoms with Crippen LogP contribution in [0.25, 0.3) is 0 Å². The minimum atomic E-state index is -0.308. The zero-order chi connectivity index (χ0) is 9.84. The fraction of sp³-hybridized carbons (Fsp3) is 0.400. The van der Waals surface area contributed by atoms with Crippen LogP contribution in [0.5, 0.6) is 0 Å². The van der Waals surface area contributed by atoms with Crippen molar-refractivity contribution in [2.24, 2.45) is 0 Å². The molecule has 1 unspecified atom stereocenters. The lowest BCUT2D eigenvalue weighted by Gasteiger charge is -2.10. The van der Waals surface area contributed by atoms with E-state index in [2.05, 4.69) is 47.0 Å². The predicted molar refractivity (Wildman–Crippen MR) is 64.1 cm³/mol. The molecule has 0 amide bonds. The highest BCUT2D eigenvalue weighted by atomic mass is 127. The van der Waals surface area contributed by atoms with Gasteiger partial charge < -0.3 is 10.4 Å². The normalized spacial score (nSPS) is 12.6. The van der Waals surface area contributed by atoms with Gasteiger partial charge in [0.15, 0.2) is 0 Å². The molecule has 0 heterocycles. The van der Waals surface area contributed by atoms with E-state index in [0.29, 0.717) is 6.54 Å². The molecule has 0 aliphatic carbocycles. The molecular formula is C10H14INO. The maximum Gasteiger partial charge on any atom is 0.0684 e. The maximum atomic E-state index is 9.09. The molecule has 13 heavy (non-hydrogen) atoms. The van der Waals surface area contributed by atoms with Gasteiger partial charge in [0.05, 0.1) is 6.10 Å². The monoisotopic (exact) mass is 291 g/mol. The van der Waals surface area contributed by atoms with E-state index in [0.717, 1.165) is 5.69 Å². The minimum Gasteiger partial charge on any atom is -0.392 e. The highest BCUT2D eigenvalue weighted by molar-refractivity contribution is 14.1. The minimum absolute atomic E-state index is 0.308. The van der Waals surface area contributed by atoms with Gasteiger partial charge in [0.1, 0.15) is 0 Å². The van der Waals surface area contributed by atoms with E-state index in [1.54, 1.807) is 6.92 Å². The van der Waals surface area contributed by atoms with Gasteiger partial charge in [-0.3, -0.25) is 0 Å². The van der Waals surface area contributed by atoms with E-state index in [9.17, 15) is 0 Å². The molecule has 0 aliphatic heterocycles. The van der Waals surface area contributed by atoms with Crippen molar-refractivity contribution in [2.75, 3.05) is 11.9 Å². The molecule has 2 N–H and O–H groups in total. The van der Waals surface area contributed by atoms with Crippen LogP contribution in [0.15, 0.2) is 18.2 Å². The van der Waals surface area contributed by atoms with Crippen molar-refractivity contribution in [2.45, 2.75) is 20.0 Å². The van der Waals surface area contributed by atoms with Gasteiger partial charge in [-0.1, -0.05) is 6.07 Å². The fourth-order valence-corrected chi connectivity index (χ4v) is 1.88. The Kier molecular flexibility index (Phi) is 3.99. The lowest BCUT2D eigenvalue weighted by Crippen LogP contribution is -2.15. The summed E-state index contributed by atoms with van der Waals surface area (Å²) in [5.41, 5.74) is 2.35. The van der Waals surface area contributed by atoms with Crippen molar-refractivity contribution in [1.82, 2.24) is 0 Å². The summed E-state index contributed by atoms with van der Waals surface area (Å²) in [6.07, 6.45) is -0.308. The number of nitrogens with one attached hydrogen (secondary N) is 1. The van der Waals surface area contributed by atoms with Crippen LogP contribution in [0.4, 0.5) is 5.69 Å². The smallest absolute Gasteiger partial charge is 0.0684 e. The van der Waals surface area contributed by atoms with Gasteiger partial charge in [0.25, 0.3) is 0 Å². The zero-order valence-electron chi connectivity index (χ0n) is 7.84. The van der Waals surface area contributed by atoms with Crippen molar-refractivity contribution < 1.29 is 5.11 Å². The third-order valence-electron chi connectivity index (χ3n) is 1.71. The molecule has 0 saturated heterocycles. The number of anilines is 1. The molecular weight excluding hydrogens is 277 g/mol. The van der Waals surface area contributed by atoms with Gasteiger partial charge in [0, 0.05) is 15.8 Å². The number of aliphatic hydroxyl groups excluding tert-OH is 1. The number of benzene rings is 1. The summed E-state index contributed by atoms with van der Waals surface area (Å²) in [6.45, 7) is 4.44. The predicted octanol–water partition coefficient (Wildman–Crippen LogP) is 2.39. The Morgan fingerprint density at radius 3 is 2.77 bits per heavy atom. The van der Waals surface area contributed by atoms with Gasteiger partial charge in [-0.05, 0) is 54.1 Å². The zero-order valence-corrected chi connectivity index (χ0v) is 10.00. The molecule has 0 radical (unpaired) electrons. The maximum absolute atomic E-state index is 9.09. The number of rotatable bonds is 3. The van der Waals surface area contributed by atoms with E-state index in [4.69, 9.17) is 5.11 Å². The third kappa shape index (κ3) is 3.52. The van der Waals surface area contributed by atoms with E-state index in [1.165, 1.54) is 9.13 Å². The Hall–Kier alpha value is -0.290. The average molecular weight is 291 g/mol. The van der Waals surface area contributed by atoms with Gasteiger partial charge in [-0.25, -0.2) is 0 Å². The first-order valence-electron chi connectivity index (χ1n) is 4.27. The molecule has 1 rings (SSSR count). The lowest BCUT2D eigenvalue weighted by atomic mass is 10.2. The van der Waals surface area contributed by atoms with Crippen LogP contribution in [0, 0.1) is 10.5 Å². The van der Waals surface area contributed by atoms with Crippen LogP contribution in [-0.2, 0) is 0 Å². The van der Waals surface area contributed by atoms with Gasteiger partial charge in [0.2, 0.25) is 0 Å². The molecule has 0 aromatic heterocycles. The summed E-state index contributed by atoms with van der Waals surface area (Å²) in [6, 6.07) is 6.22. The molecule has 0 saturated carbocycles. The molecule has 1 aromatic rings. The summed E-state index contributed by atoms with van der Waals surface area (Å²) in [7, 11) is 0. The van der Waals surface area contributed by atoms with Crippen LogP contribution in [0.1, 0.15) is 12.5 Å². The van der Waals surface area contributed by atoms with E-state index < -0.39 is 0 Å². The number of aryl methyl sites for hydroxylation is 1. The summed E-state index contributed by atoms with van der Waals surface area (Å²) < 4.78 is 1.19. The third-order valence-corrected chi connectivity index (χ3v) is 2.61. The largest absolute Gasteiger partial charge is 0.392 e. The van der Waals surface area contributed by atoms with Crippen molar-refractivity contribution in [1.29, 1.82) is 0 Å². The fourth-order valence-electron chi connectivity index (χ4n) is 1.02. The topological polar surface area (TPSA) is 32.3 Å². The van der Waals surface area contributed by atoms with Crippen molar-refractivity contribution >= 4 is 28.3 Å². The quantitative estimate of drug-likeness (QED) is 0.838. The second-order valence-corrected chi connectivity index (χ2v) is 4.38. The second kappa shape index (κ2) is 4.81. The van der Waals surface area contributed by atoms with Crippen LogP contribution in [0.2, 0.25) is 0 Å². The molecule has 72 valence electrons. The molecule has 1 atom stereocenters. The van der Waals surface area contributed by atoms with Crippen molar-refractivity contribution in [3.63, 3.8) is 0 Å². The molecule has 2 nitrogen and oxygen atoms in total. The molecule has 3 heteroatoms. The van der Waals surface area contributed by atoms with Crippen molar-refractivity contribution in [3.05, 3.63) is 27.3 Å². The molecule has 0 spiro atoms. The van der Waals surface area contributed by atoms with Gasteiger partial charge in [-0.15, -0.1) is 0 Å². The van der Waals surface area contributed by atoms with Gasteiger partial charge in [-0.2, -0.15) is 0 Å². The Balaban J connectivity index is 2.67. The lowest BCUT2D eigenvalue weighted by molar-refractivity contribution is 0.208. The van der Waals surface area contributed by atoms with Crippen molar-refractivity contribution in [3.8, 4) is 0 Å². The number of hydrogen-bond donors (Lipinski definition) is 2. The Labute approximate surface area is 92.5 Å². The standard InChI is InChI=1S/C10H14INO/c1-7-3-4-10(9(11)5-7)12-6-8(2)13/h3-5,8,12-13H,6H2,1-2H3. The summed E-state index contributed by atoms with van der Waals surface area (Å²) in [5.74, 6) is 0. The van der Waals surface area contributed by atoms with E-state index in [1.807, 2.05) is 6.07 Å². The Bertz CT molecular complexity index is 286. The molecule has 0 fully saturated rings. The highest BCUT2D eigenvalue weighted by Crippen LogP contribution is 2.18. The average Bonchev–Trinajstić information content (AvgIpc) is 2.02. The van der Waals surface area contributed by atoms with E-state index in [-0.39, 0.29) is 6.10 Å². The first-order chi connectivity index (χ1) is 6.09. The number of halogens is 1. The first-order valence-corrected chi connectivity index (χ1v) is 5.35. The SMILES string of the molecule is Cc1ccc(NCC(C)O)c(I)c1. The molecule has 0 aliphatic rings. The first kappa shape index (κ1) is 10.8. The van der Waals surface area contributed by atoms with E-state index >= 15 is 0 Å². The number of aliphatic hydroxyl groups is 1. The highest BCUT2D eigenvalue weighted by Gasteiger charge is 2.00. The Morgan fingerprint density at radius 1 is 1.54 bits per heavy atom. The van der Waals surface area contributed by atoms with Gasteiger partial charge >= 0.3 is 0 Å². The second-order valence-electron chi connectivity index (χ2n) is 3.21. The molecule has 0 bridgehead atoms. The van der Waals surface area contributed by atoms with Crippen LogP contribution in [-0.4, -0.2) is 17.8 Å². The molecule has 1 aromatic carbocycles. The summed E-state index contributed by atoms with van der Waals surface area (Å²) in [4.78, 5) is 0.